The molecule has 0 saturated carbocycles. The molecule has 0 radical (unpaired) electrons. The summed E-state index contributed by atoms with van der Waals surface area (Å²) in [5.74, 6) is 1.48. The van der Waals surface area contributed by atoms with Gasteiger partial charge in [-0.2, -0.15) is 0 Å². The number of Topliss-reactive ketones (excluding diaryl/α,β-unsaturated/α-hetero) is 1. The zero-order valence-corrected chi connectivity index (χ0v) is 31.8. The first-order valence-electron chi connectivity index (χ1n) is 17.7. The predicted octanol–water partition coefficient (Wildman–Crippen LogP) is 6.13. The topological polar surface area (TPSA) is 108 Å². The van der Waals surface area contributed by atoms with Gasteiger partial charge in [-0.1, -0.05) is 39.8 Å². The van der Waals surface area contributed by atoms with Crippen LogP contribution in [0.5, 0.6) is 0 Å². The van der Waals surface area contributed by atoms with E-state index in [1.165, 1.54) is 0 Å². The second-order valence-electron chi connectivity index (χ2n) is 15.4. The normalized spacial score (nSPS) is 18.2. The highest BCUT2D eigenvalue weighted by Gasteiger charge is 2.33. The van der Waals surface area contributed by atoms with Crippen molar-refractivity contribution in [3.63, 3.8) is 0 Å². The molecule has 0 aromatic carbocycles. The first-order chi connectivity index (χ1) is 21.4. The van der Waals surface area contributed by atoms with Crippen LogP contribution in [0.25, 0.3) is 0 Å². The van der Waals surface area contributed by atoms with E-state index in [1.54, 1.807) is 4.68 Å². The van der Waals surface area contributed by atoms with Gasteiger partial charge in [0, 0.05) is 44.6 Å². The van der Waals surface area contributed by atoms with Crippen molar-refractivity contribution >= 4 is 5.78 Å². The van der Waals surface area contributed by atoms with Gasteiger partial charge in [0.05, 0.1) is 67.7 Å². The van der Waals surface area contributed by atoms with Crippen LogP contribution < -0.4 is 0 Å². The van der Waals surface area contributed by atoms with Crippen LogP contribution in [0.15, 0.2) is 6.20 Å². The van der Waals surface area contributed by atoms with Crippen LogP contribution in [-0.2, 0) is 36.7 Å². The van der Waals surface area contributed by atoms with Gasteiger partial charge >= 0.3 is 0 Å². The molecule has 10 heteroatoms. The van der Waals surface area contributed by atoms with Gasteiger partial charge in [0.25, 0.3) is 0 Å². The number of likely N-dealkylation sites (tertiary alicyclic amines) is 1. The van der Waals surface area contributed by atoms with Crippen molar-refractivity contribution in [2.45, 2.75) is 157 Å². The number of aromatic nitrogens is 3. The molecule has 2 unspecified atom stereocenters. The van der Waals surface area contributed by atoms with Crippen molar-refractivity contribution in [2.75, 3.05) is 46.1 Å². The van der Waals surface area contributed by atoms with Gasteiger partial charge < -0.3 is 24.1 Å². The summed E-state index contributed by atoms with van der Waals surface area (Å²) in [6, 6.07) is 0.247. The summed E-state index contributed by atoms with van der Waals surface area (Å²) in [6.07, 6.45) is 5.37. The minimum absolute atomic E-state index is 0.198. The molecule has 2 heterocycles. The Bertz CT molecular complexity index is 991. The fourth-order valence-corrected chi connectivity index (χ4v) is 5.55. The minimum atomic E-state index is -0.512. The van der Waals surface area contributed by atoms with E-state index in [-0.39, 0.29) is 24.0 Å². The Hall–Kier alpha value is -1.43. The molecule has 1 aromatic rings. The molecule has 1 aliphatic rings. The van der Waals surface area contributed by atoms with E-state index in [4.69, 9.17) is 18.9 Å². The molecular weight excluding hydrogens is 584 g/mol. The molecule has 0 aliphatic carbocycles. The van der Waals surface area contributed by atoms with Crippen molar-refractivity contribution in [1.82, 2.24) is 19.9 Å². The van der Waals surface area contributed by atoms with E-state index in [9.17, 15) is 9.90 Å². The molecule has 0 amide bonds. The number of ether oxygens (including phenoxy) is 4. The fourth-order valence-electron chi connectivity index (χ4n) is 5.55. The molecule has 2 atom stereocenters. The number of carbonyl (C=O) groups is 1. The van der Waals surface area contributed by atoms with E-state index in [0.29, 0.717) is 64.1 Å². The number of aliphatic hydroxyl groups is 1. The summed E-state index contributed by atoms with van der Waals surface area (Å²) in [4.78, 5) is 14.2. The Morgan fingerprint density at radius 2 is 1.52 bits per heavy atom. The Labute approximate surface area is 281 Å². The second-order valence-corrected chi connectivity index (χ2v) is 15.4. The van der Waals surface area contributed by atoms with Crippen LogP contribution in [0.2, 0.25) is 0 Å². The summed E-state index contributed by atoms with van der Waals surface area (Å²) in [6.45, 7) is 31.4. The predicted molar refractivity (Wildman–Crippen MR) is 185 cm³/mol. The molecule has 0 bridgehead atoms. The third-order valence-corrected chi connectivity index (χ3v) is 8.62. The van der Waals surface area contributed by atoms with E-state index < -0.39 is 16.8 Å². The first-order valence-corrected chi connectivity index (χ1v) is 17.7. The SMILES string of the molecule is CC.CCC(=O)CC(C)(C)OCC(C)(C)OCCn1cc(CC(C)(C)OCCC(C)(C)OCCN2CC(C(C)C)CC2CO)nn1. The van der Waals surface area contributed by atoms with Crippen LogP contribution in [0.4, 0.5) is 0 Å². The van der Waals surface area contributed by atoms with Gasteiger partial charge in [0.1, 0.15) is 5.78 Å². The van der Waals surface area contributed by atoms with Crippen molar-refractivity contribution in [1.29, 1.82) is 0 Å². The molecular formula is C36H70N4O6. The standard InChI is InChI=1S/C34H64N4O6.C2H6/c1-12-30(40)21-33(8,9)44-25-34(10,11)43-18-15-38-23-28(35-36-38)20-32(6,7)41-16-13-31(4,5)42-17-14-37-22-27(26(2)3)19-29(37)24-39;1-2/h23,26-27,29,39H,12-22,24-25H2,1-11H3;1-2H3. The third-order valence-electron chi connectivity index (χ3n) is 8.62. The van der Waals surface area contributed by atoms with Gasteiger partial charge in [0.15, 0.2) is 0 Å². The van der Waals surface area contributed by atoms with Gasteiger partial charge in [-0.3, -0.25) is 9.69 Å². The number of carbonyl (C=O) groups excluding carboxylic acids is 1. The van der Waals surface area contributed by atoms with Crippen LogP contribution in [0, 0.1) is 11.8 Å². The van der Waals surface area contributed by atoms with Crippen molar-refractivity contribution in [3.05, 3.63) is 11.9 Å². The quantitative estimate of drug-likeness (QED) is 0.158. The van der Waals surface area contributed by atoms with Crippen LogP contribution in [0.1, 0.15) is 121 Å². The number of nitrogens with zero attached hydrogens (tertiary/aromatic N) is 4. The minimum Gasteiger partial charge on any atom is -0.395 e. The molecule has 270 valence electrons. The Kier molecular flexibility index (Phi) is 18.1. The molecule has 1 saturated heterocycles. The lowest BCUT2D eigenvalue weighted by atomic mass is 9.94. The van der Waals surface area contributed by atoms with E-state index >= 15 is 0 Å². The average molecular weight is 655 g/mol. The summed E-state index contributed by atoms with van der Waals surface area (Å²) >= 11 is 0. The highest BCUT2D eigenvalue weighted by Crippen LogP contribution is 2.29. The van der Waals surface area contributed by atoms with E-state index in [1.807, 2.05) is 54.7 Å². The zero-order valence-electron chi connectivity index (χ0n) is 31.8. The van der Waals surface area contributed by atoms with Crippen molar-refractivity contribution < 1.29 is 28.8 Å². The number of hydrogen-bond donors (Lipinski definition) is 1. The van der Waals surface area contributed by atoms with Crippen LogP contribution >= 0.6 is 0 Å². The largest absolute Gasteiger partial charge is 0.395 e. The number of hydrogen-bond acceptors (Lipinski definition) is 9. The van der Waals surface area contributed by atoms with Crippen LogP contribution in [-0.4, -0.2) is 105 Å². The fraction of sp³-hybridized carbons (Fsp3) is 0.917. The number of aliphatic hydroxyl groups excluding tert-OH is 1. The molecule has 10 nitrogen and oxygen atoms in total. The van der Waals surface area contributed by atoms with E-state index in [0.717, 1.165) is 31.6 Å². The number of ketones is 1. The summed E-state index contributed by atoms with van der Waals surface area (Å²) in [7, 11) is 0. The van der Waals surface area contributed by atoms with Gasteiger partial charge in [-0.05, 0) is 80.1 Å². The van der Waals surface area contributed by atoms with E-state index in [2.05, 4.69) is 56.8 Å². The first kappa shape index (κ1) is 42.6. The number of rotatable bonds is 22. The Balaban J connectivity index is 0.00000518. The Morgan fingerprint density at radius 3 is 2.13 bits per heavy atom. The molecule has 1 aliphatic heterocycles. The maximum Gasteiger partial charge on any atom is 0.135 e. The lowest BCUT2D eigenvalue weighted by Crippen LogP contribution is -2.38. The van der Waals surface area contributed by atoms with Crippen molar-refractivity contribution in [2.24, 2.45) is 11.8 Å². The molecule has 1 aromatic heterocycles. The third kappa shape index (κ3) is 16.6. The molecule has 2 rings (SSSR count). The highest BCUT2D eigenvalue weighted by atomic mass is 16.6. The monoisotopic (exact) mass is 655 g/mol. The summed E-state index contributed by atoms with van der Waals surface area (Å²) < 4.78 is 26.5. The van der Waals surface area contributed by atoms with Gasteiger partial charge in [-0.15, -0.1) is 5.10 Å². The molecule has 46 heavy (non-hydrogen) atoms. The van der Waals surface area contributed by atoms with Crippen LogP contribution in [0.3, 0.4) is 0 Å². The molecule has 1 N–H and O–H groups in total. The summed E-state index contributed by atoms with van der Waals surface area (Å²) in [5, 5.41) is 18.4. The Morgan fingerprint density at radius 1 is 0.913 bits per heavy atom. The maximum absolute atomic E-state index is 11.8. The van der Waals surface area contributed by atoms with Gasteiger partial charge in [-0.25, -0.2) is 4.68 Å². The summed E-state index contributed by atoms with van der Waals surface area (Å²) in [5.41, 5.74) is -0.821. The maximum atomic E-state index is 11.8. The molecule has 0 spiro atoms. The smallest absolute Gasteiger partial charge is 0.135 e. The average Bonchev–Trinajstić information content (AvgIpc) is 3.58. The highest BCUT2D eigenvalue weighted by molar-refractivity contribution is 5.78. The van der Waals surface area contributed by atoms with Gasteiger partial charge in [0.2, 0.25) is 0 Å². The zero-order chi connectivity index (χ0) is 35.2. The van der Waals surface area contributed by atoms with Crippen molar-refractivity contribution in [3.8, 4) is 0 Å². The lowest BCUT2D eigenvalue weighted by molar-refractivity contribution is -0.138. The second kappa shape index (κ2) is 19.5. The molecule has 1 fully saturated rings. The lowest BCUT2D eigenvalue weighted by Gasteiger charge is -2.31.